The van der Waals surface area contributed by atoms with Gasteiger partial charge >= 0.3 is 11.9 Å². The molecular weight excluding hydrogens is 508 g/mol. The molecule has 0 radical (unpaired) electrons. The SMILES string of the molecule is CCCCCCCCCCCCC(=O)OC(COCCOCCOC)COC(=O)CCCCCCCCCCC. The van der Waals surface area contributed by atoms with Gasteiger partial charge in [-0.1, -0.05) is 123 Å². The second-order valence-corrected chi connectivity index (χ2v) is 11.0. The summed E-state index contributed by atoms with van der Waals surface area (Å²) >= 11 is 0. The van der Waals surface area contributed by atoms with E-state index in [-0.39, 0.29) is 25.2 Å². The van der Waals surface area contributed by atoms with Crippen LogP contribution in [0.15, 0.2) is 0 Å². The van der Waals surface area contributed by atoms with Crippen molar-refractivity contribution in [3.8, 4) is 0 Å². The second kappa shape index (κ2) is 32.3. The molecule has 0 rings (SSSR count). The van der Waals surface area contributed by atoms with Crippen molar-refractivity contribution in [1.82, 2.24) is 0 Å². The first-order chi connectivity index (χ1) is 19.6. The number of hydrogen-bond acceptors (Lipinski definition) is 7. The highest BCUT2D eigenvalue weighted by Gasteiger charge is 2.17. The van der Waals surface area contributed by atoms with Crippen LogP contribution in [0.5, 0.6) is 0 Å². The third-order valence-electron chi connectivity index (χ3n) is 7.05. The minimum Gasteiger partial charge on any atom is -0.462 e. The Bertz CT molecular complexity index is 541. The largest absolute Gasteiger partial charge is 0.462 e. The van der Waals surface area contributed by atoms with E-state index in [0.29, 0.717) is 39.3 Å². The molecule has 0 saturated carbocycles. The zero-order chi connectivity index (χ0) is 29.4. The van der Waals surface area contributed by atoms with Crippen molar-refractivity contribution in [2.24, 2.45) is 0 Å². The Morgan fingerprint density at radius 3 is 1.43 bits per heavy atom. The number of ether oxygens (including phenoxy) is 5. The van der Waals surface area contributed by atoms with E-state index in [1.54, 1.807) is 7.11 Å². The normalized spacial score (nSPS) is 12.0. The molecule has 0 aliphatic rings. The third kappa shape index (κ3) is 29.8. The van der Waals surface area contributed by atoms with E-state index in [1.165, 1.54) is 89.9 Å². The number of carbonyl (C=O) groups is 2. The van der Waals surface area contributed by atoms with Gasteiger partial charge in [0, 0.05) is 20.0 Å². The lowest BCUT2D eigenvalue weighted by Crippen LogP contribution is -2.30. The van der Waals surface area contributed by atoms with Crippen LogP contribution in [0.2, 0.25) is 0 Å². The van der Waals surface area contributed by atoms with Crippen molar-refractivity contribution in [3.63, 3.8) is 0 Å². The smallest absolute Gasteiger partial charge is 0.306 e. The summed E-state index contributed by atoms with van der Waals surface area (Å²) in [5.41, 5.74) is 0. The van der Waals surface area contributed by atoms with Gasteiger partial charge in [-0.2, -0.15) is 0 Å². The number of methoxy groups -OCH3 is 1. The summed E-state index contributed by atoms with van der Waals surface area (Å²) in [5.74, 6) is -0.485. The lowest BCUT2D eigenvalue weighted by Gasteiger charge is -2.18. The quantitative estimate of drug-likeness (QED) is 0.0592. The molecule has 238 valence electrons. The van der Waals surface area contributed by atoms with E-state index < -0.39 is 6.10 Å². The number of esters is 2. The zero-order valence-electron chi connectivity index (χ0n) is 26.5. The first-order valence-electron chi connectivity index (χ1n) is 16.6. The number of hydrogen-bond donors (Lipinski definition) is 0. The number of carbonyl (C=O) groups excluding carboxylic acids is 2. The summed E-state index contributed by atoms with van der Waals surface area (Å²) in [7, 11) is 1.63. The van der Waals surface area contributed by atoms with Gasteiger partial charge < -0.3 is 23.7 Å². The minimum absolute atomic E-state index is 0.0323. The molecule has 0 N–H and O–H groups in total. The maximum absolute atomic E-state index is 12.4. The van der Waals surface area contributed by atoms with Gasteiger partial charge in [0.2, 0.25) is 0 Å². The predicted octanol–water partition coefficient (Wildman–Crippen LogP) is 8.35. The van der Waals surface area contributed by atoms with Crippen molar-refractivity contribution in [3.05, 3.63) is 0 Å². The fourth-order valence-electron chi connectivity index (χ4n) is 4.53. The van der Waals surface area contributed by atoms with Gasteiger partial charge in [-0.05, 0) is 12.8 Å². The molecule has 1 atom stereocenters. The van der Waals surface area contributed by atoms with E-state index in [2.05, 4.69) is 13.8 Å². The Hall–Kier alpha value is -1.18. The van der Waals surface area contributed by atoms with E-state index in [9.17, 15) is 9.59 Å². The fourth-order valence-corrected chi connectivity index (χ4v) is 4.53. The van der Waals surface area contributed by atoms with E-state index >= 15 is 0 Å². The number of rotatable bonds is 32. The van der Waals surface area contributed by atoms with Crippen LogP contribution >= 0.6 is 0 Å². The molecule has 0 aromatic rings. The molecule has 0 amide bonds. The molecule has 40 heavy (non-hydrogen) atoms. The van der Waals surface area contributed by atoms with Crippen molar-refractivity contribution in [2.45, 2.75) is 155 Å². The monoisotopic (exact) mass is 572 g/mol. The highest BCUT2D eigenvalue weighted by atomic mass is 16.6. The van der Waals surface area contributed by atoms with Gasteiger partial charge in [0.05, 0.1) is 33.0 Å². The van der Waals surface area contributed by atoms with Crippen molar-refractivity contribution in [1.29, 1.82) is 0 Å². The molecular formula is C33H64O7. The molecule has 0 saturated heterocycles. The van der Waals surface area contributed by atoms with Crippen molar-refractivity contribution >= 4 is 11.9 Å². The van der Waals surface area contributed by atoms with Crippen molar-refractivity contribution in [2.75, 3.05) is 46.8 Å². The topological polar surface area (TPSA) is 80.3 Å². The Morgan fingerprint density at radius 1 is 0.500 bits per heavy atom. The summed E-state index contributed by atoms with van der Waals surface area (Å²) < 4.78 is 27.1. The Morgan fingerprint density at radius 2 is 0.925 bits per heavy atom. The fraction of sp³-hybridized carbons (Fsp3) is 0.939. The molecule has 1 unspecified atom stereocenters. The summed E-state index contributed by atoms with van der Waals surface area (Å²) in [4.78, 5) is 24.7. The van der Waals surface area contributed by atoms with Crippen molar-refractivity contribution < 1.29 is 33.3 Å². The molecule has 7 heteroatoms. The zero-order valence-corrected chi connectivity index (χ0v) is 26.5. The van der Waals surface area contributed by atoms with Crippen LogP contribution in [0.1, 0.15) is 149 Å². The van der Waals surface area contributed by atoms with Crippen LogP contribution < -0.4 is 0 Å². The molecule has 7 nitrogen and oxygen atoms in total. The van der Waals surface area contributed by atoms with Crippen LogP contribution in [-0.4, -0.2) is 64.8 Å². The van der Waals surface area contributed by atoms with Crippen LogP contribution in [0.3, 0.4) is 0 Å². The predicted molar refractivity (Wildman–Crippen MR) is 163 cm³/mol. The lowest BCUT2D eigenvalue weighted by molar-refractivity contribution is -0.163. The van der Waals surface area contributed by atoms with Gasteiger partial charge in [-0.25, -0.2) is 0 Å². The van der Waals surface area contributed by atoms with Crippen LogP contribution in [-0.2, 0) is 33.3 Å². The number of unbranched alkanes of at least 4 members (excludes halogenated alkanes) is 17. The van der Waals surface area contributed by atoms with Gasteiger partial charge in [-0.3, -0.25) is 9.59 Å². The third-order valence-corrected chi connectivity index (χ3v) is 7.05. The molecule has 0 aromatic carbocycles. The van der Waals surface area contributed by atoms with Crippen LogP contribution in [0, 0.1) is 0 Å². The van der Waals surface area contributed by atoms with Gasteiger partial charge in [0.15, 0.2) is 6.10 Å². The summed E-state index contributed by atoms with van der Waals surface area (Å²) in [6.45, 7) is 6.55. The molecule has 0 heterocycles. The molecule has 0 fully saturated rings. The first-order valence-corrected chi connectivity index (χ1v) is 16.6. The van der Waals surface area contributed by atoms with E-state index in [1.807, 2.05) is 0 Å². The molecule has 0 aliphatic carbocycles. The maximum Gasteiger partial charge on any atom is 0.306 e. The molecule has 0 aliphatic heterocycles. The molecule has 0 spiro atoms. The first kappa shape index (κ1) is 38.8. The maximum atomic E-state index is 12.4. The van der Waals surface area contributed by atoms with Gasteiger partial charge in [-0.15, -0.1) is 0 Å². The Labute approximate surface area is 246 Å². The summed E-state index contributed by atoms with van der Waals surface area (Å²) in [6, 6.07) is 0. The van der Waals surface area contributed by atoms with Crippen LogP contribution in [0.4, 0.5) is 0 Å². The standard InChI is InChI=1S/C33H64O7/c1-4-6-8-10-12-14-16-18-20-22-24-33(35)40-31(29-38-28-27-37-26-25-36-3)30-39-32(34)23-21-19-17-15-13-11-9-7-5-2/h31H,4-30H2,1-3H3. The highest BCUT2D eigenvalue weighted by Crippen LogP contribution is 2.13. The minimum atomic E-state index is -0.596. The Balaban J connectivity index is 4.13. The van der Waals surface area contributed by atoms with E-state index in [4.69, 9.17) is 23.7 Å². The second-order valence-electron chi connectivity index (χ2n) is 11.0. The summed E-state index contributed by atoms with van der Waals surface area (Å²) in [5, 5.41) is 0. The Kier molecular flexibility index (Phi) is 31.4. The molecule has 0 aromatic heterocycles. The summed E-state index contributed by atoms with van der Waals surface area (Å²) in [6.07, 6.45) is 23.2. The average molecular weight is 573 g/mol. The average Bonchev–Trinajstić information content (AvgIpc) is 2.95. The van der Waals surface area contributed by atoms with Crippen LogP contribution in [0.25, 0.3) is 0 Å². The lowest BCUT2D eigenvalue weighted by atomic mass is 10.1. The molecule has 0 bridgehead atoms. The van der Waals surface area contributed by atoms with E-state index in [0.717, 1.165) is 32.1 Å². The van der Waals surface area contributed by atoms with Gasteiger partial charge in [0.25, 0.3) is 0 Å². The van der Waals surface area contributed by atoms with Gasteiger partial charge in [0.1, 0.15) is 6.61 Å². The highest BCUT2D eigenvalue weighted by molar-refractivity contribution is 5.70.